The van der Waals surface area contributed by atoms with Crippen molar-refractivity contribution in [3.05, 3.63) is 69.1 Å². The molecule has 0 aliphatic carbocycles. The van der Waals surface area contributed by atoms with Crippen LogP contribution in [-0.2, 0) is 20.8 Å². The first-order valence-corrected chi connectivity index (χ1v) is 13.1. The van der Waals surface area contributed by atoms with Crippen molar-refractivity contribution in [2.24, 2.45) is 10.3 Å². The number of cyclic esters (lactones) is 1. The molecule has 198 valence electrons. The first kappa shape index (κ1) is 28.0. The van der Waals surface area contributed by atoms with Gasteiger partial charge < -0.3 is 14.5 Å². The van der Waals surface area contributed by atoms with Crippen LogP contribution in [0.4, 0.5) is 0 Å². The van der Waals surface area contributed by atoms with Crippen molar-refractivity contribution in [2.45, 2.75) is 71.3 Å². The lowest BCUT2D eigenvalue weighted by Crippen LogP contribution is -2.37. The van der Waals surface area contributed by atoms with E-state index in [1.807, 2.05) is 49.1 Å². The predicted molar refractivity (Wildman–Crippen MR) is 143 cm³/mol. The van der Waals surface area contributed by atoms with Crippen LogP contribution in [0.5, 0.6) is 0 Å². The van der Waals surface area contributed by atoms with Gasteiger partial charge in [0.1, 0.15) is 6.10 Å². The monoisotopic (exact) mass is 507 g/mol. The normalized spacial score (nSPS) is 21.7. The summed E-state index contributed by atoms with van der Waals surface area (Å²) in [5.74, 6) is -0.463. The molecule has 0 aromatic heterocycles. The zero-order chi connectivity index (χ0) is 26.5. The standard InChI is InChI=1S/C28H37N5O4/c1-21-17-22(2)27-23(18-21)19-24(31-36-20-26(34)33-15-9-6-10-16-33)11-7-4-3-5-8-12-25(37-28(27)35)13-14-30-32-29/h5,7-8,11,17-18,25H,3-4,6,9-10,12-16,19-20H2,1-2H3/b8-5+,11-7+,31-24?. The molecule has 2 aliphatic rings. The summed E-state index contributed by atoms with van der Waals surface area (Å²) in [4.78, 5) is 36.0. The minimum Gasteiger partial charge on any atom is -0.458 e. The summed E-state index contributed by atoms with van der Waals surface area (Å²) in [7, 11) is 0. The number of allylic oxidation sites excluding steroid dienone is 3. The van der Waals surface area contributed by atoms with E-state index in [4.69, 9.17) is 15.1 Å². The number of hydrogen-bond donors (Lipinski definition) is 0. The third-order valence-electron chi connectivity index (χ3n) is 6.48. The van der Waals surface area contributed by atoms with Gasteiger partial charge in [-0.3, -0.25) is 4.79 Å². The van der Waals surface area contributed by atoms with Crippen LogP contribution in [-0.4, -0.2) is 54.8 Å². The van der Waals surface area contributed by atoms with E-state index in [1.165, 1.54) is 0 Å². The molecule has 9 heteroatoms. The fraction of sp³-hybridized carbons (Fsp3) is 0.536. The Bertz CT molecular complexity index is 1080. The molecule has 2 aliphatic heterocycles. The van der Waals surface area contributed by atoms with Crippen LogP contribution in [0.25, 0.3) is 10.4 Å². The average Bonchev–Trinajstić information content (AvgIpc) is 2.87. The number of benzene rings is 1. The molecule has 2 heterocycles. The summed E-state index contributed by atoms with van der Waals surface area (Å²) in [5, 5.41) is 7.90. The van der Waals surface area contributed by atoms with E-state index in [2.05, 4.69) is 21.3 Å². The van der Waals surface area contributed by atoms with Gasteiger partial charge in [-0.25, -0.2) is 4.79 Å². The highest BCUT2D eigenvalue weighted by molar-refractivity contribution is 6.00. The van der Waals surface area contributed by atoms with Crippen LogP contribution in [0.15, 0.2) is 46.7 Å². The molecule has 1 aromatic carbocycles. The minimum atomic E-state index is -0.409. The second-order valence-corrected chi connectivity index (χ2v) is 9.55. The number of carbonyl (C=O) groups excluding carboxylic acids is 2. The van der Waals surface area contributed by atoms with E-state index in [1.54, 1.807) is 0 Å². The molecule has 1 saturated heterocycles. The number of hydrogen-bond acceptors (Lipinski definition) is 6. The Morgan fingerprint density at radius 2 is 1.95 bits per heavy atom. The second-order valence-electron chi connectivity index (χ2n) is 9.55. The highest BCUT2D eigenvalue weighted by Gasteiger charge is 2.22. The number of oxime groups is 1. The fourth-order valence-corrected chi connectivity index (χ4v) is 4.67. The Balaban J connectivity index is 1.84. The summed E-state index contributed by atoms with van der Waals surface area (Å²) in [5.41, 5.74) is 12.4. The van der Waals surface area contributed by atoms with Gasteiger partial charge in [0, 0.05) is 37.4 Å². The van der Waals surface area contributed by atoms with Gasteiger partial charge >= 0.3 is 5.97 Å². The highest BCUT2D eigenvalue weighted by Crippen LogP contribution is 2.22. The fourth-order valence-electron chi connectivity index (χ4n) is 4.67. The first-order valence-electron chi connectivity index (χ1n) is 13.1. The number of esters is 1. The SMILES string of the molecule is Cc1cc(C)c2c(c1)CC(=NOCC(=O)N1CCCCC1)/C=C/CC/C=C/CC(CCN=[N+]=[N-])OC2=O. The molecule has 1 fully saturated rings. The average molecular weight is 508 g/mol. The van der Waals surface area contributed by atoms with E-state index in [-0.39, 0.29) is 19.1 Å². The van der Waals surface area contributed by atoms with E-state index in [9.17, 15) is 9.59 Å². The molecule has 3 rings (SSSR count). The van der Waals surface area contributed by atoms with Crippen LogP contribution in [0.2, 0.25) is 0 Å². The predicted octanol–water partition coefficient (Wildman–Crippen LogP) is 5.75. The van der Waals surface area contributed by atoms with Crippen molar-refractivity contribution in [3.63, 3.8) is 0 Å². The lowest BCUT2D eigenvalue weighted by Gasteiger charge is -2.26. The summed E-state index contributed by atoms with van der Waals surface area (Å²) in [6, 6.07) is 3.92. The number of likely N-dealkylation sites (tertiary alicyclic amines) is 1. The quantitative estimate of drug-likeness (QED) is 0.122. The minimum absolute atomic E-state index is 0.0542. The maximum absolute atomic E-state index is 13.3. The summed E-state index contributed by atoms with van der Waals surface area (Å²) in [6.07, 6.45) is 13.8. The zero-order valence-electron chi connectivity index (χ0n) is 21.9. The van der Waals surface area contributed by atoms with Gasteiger partial charge in [0.2, 0.25) is 0 Å². The zero-order valence-corrected chi connectivity index (χ0v) is 21.9. The lowest BCUT2D eigenvalue weighted by molar-refractivity contribution is -0.137. The molecule has 0 bridgehead atoms. The molecular weight excluding hydrogens is 470 g/mol. The van der Waals surface area contributed by atoms with Crippen LogP contribution in [0.3, 0.4) is 0 Å². The van der Waals surface area contributed by atoms with Crippen LogP contribution in [0, 0.1) is 13.8 Å². The Morgan fingerprint density at radius 1 is 1.16 bits per heavy atom. The van der Waals surface area contributed by atoms with Crippen molar-refractivity contribution < 1.29 is 19.2 Å². The highest BCUT2D eigenvalue weighted by atomic mass is 16.6. The second kappa shape index (κ2) is 14.9. The third-order valence-corrected chi connectivity index (χ3v) is 6.48. The van der Waals surface area contributed by atoms with E-state index < -0.39 is 12.1 Å². The molecule has 9 nitrogen and oxygen atoms in total. The van der Waals surface area contributed by atoms with Gasteiger partial charge in [-0.05, 0) is 75.1 Å². The molecule has 1 aromatic rings. The lowest BCUT2D eigenvalue weighted by atomic mass is 9.94. The molecular formula is C28H37N5O4. The number of piperidine rings is 1. The van der Waals surface area contributed by atoms with Gasteiger partial charge in [-0.1, -0.05) is 46.2 Å². The maximum atomic E-state index is 13.3. The Hall–Kier alpha value is -3.58. The van der Waals surface area contributed by atoms with E-state index in [0.29, 0.717) is 30.5 Å². The van der Waals surface area contributed by atoms with Crippen LogP contribution >= 0.6 is 0 Å². The Morgan fingerprint density at radius 3 is 2.73 bits per heavy atom. The van der Waals surface area contributed by atoms with Crippen molar-refractivity contribution in [3.8, 4) is 0 Å². The summed E-state index contributed by atoms with van der Waals surface area (Å²) >= 11 is 0. The molecule has 0 radical (unpaired) electrons. The molecule has 0 spiro atoms. The van der Waals surface area contributed by atoms with E-state index in [0.717, 1.165) is 61.9 Å². The summed E-state index contributed by atoms with van der Waals surface area (Å²) in [6.45, 7) is 5.57. The van der Waals surface area contributed by atoms with Gasteiger partial charge in [0.05, 0.1) is 11.3 Å². The van der Waals surface area contributed by atoms with Crippen molar-refractivity contribution >= 4 is 17.6 Å². The number of rotatable bonds is 6. The van der Waals surface area contributed by atoms with Gasteiger partial charge in [-0.15, -0.1) is 0 Å². The van der Waals surface area contributed by atoms with Crippen molar-refractivity contribution in [1.29, 1.82) is 0 Å². The number of nitrogens with zero attached hydrogens (tertiary/aromatic N) is 5. The van der Waals surface area contributed by atoms with Gasteiger partial charge in [0.25, 0.3) is 5.91 Å². The first-order chi connectivity index (χ1) is 18.0. The molecule has 37 heavy (non-hydrogen) atoms. The van der Waals surface area contributed by atoms with Crippen LogP contribution < -0.4 is 0 Å². The molecule has 1 amide bonds. The Kier molecular flexibility index (Phi) is 11.2. The number of amides is 1. The van der Waals surface area contributed by atoms with Gasteiger partial charge in [0.15, 0.2) is 6.61 Å². The number of azide groups is 1. The number of carbonyl (C=O) groups is 2. The third kappa shape index (κ3) is 9.10. The maximum Gasteiger partial charge on any atom is 0.338 e. The number of fused-ring (bicyclic) bond motifs is 1. The molecule has 1 atom stereocenters. The molecule has 0 saturated carbocycles. The van der Waals surface area contributed by atoms with Crippen LogP contribution in [0.1, 0.15) is 72.0 Å². The van der Waals surface area contributed by atoms with Crippen molar-refractivity contribution in [1.82, 2.24) is 4.90 Å². The summed E-state index contributed by atoms with van der Waals surface area (Å²) < 4.78 is 5.89. The number of ether oxygens (including phenoxy) is 1. The van der Waals surface area contributed by atoms with E-state index >= 15 is 0 Å². The smallest absolute Gasteiger partial charge is 0.338 e. The largest absolute Gasteiger partial charge is 0.458 e. The van der Waals surface area contributed by atoms with Gasteiger partial charge in [-0.2, -0.15) is 0 Å². The topological polar surface area (TPSA) is 117 Å². The molecule has 0 N–H and O–H groups in total. The molecule has 1 unspecified atom stereocenters. The number of aryl methyl sites for hydroxylation is 2. The van der Waals surface area contributed by atoms with Crippen molar-refractivity contribution in [2.75, 3.05) is 26.2 Å². The Labute approximate surface area is 218 Å².